The molecule has 0 N–H and O–H groups in total. The van der Waals surface area contributed by atoms with Gasteiger partial charge in [0.2, 0.25) is 0 Å². The molecule has 2 heterocycles. The van der Waals surface area contributed by atoms with Crippen molar-refractivity contribution in [2.75, 3.05) is 47.6 Å². The van der Waals surface area contributed by atoms with Crippen LogP contribution in [0.2, 0.25) is 0 Å². The first-order valence-corrected chi connectivity index (χ1v) is 13.1. The number of benzene rings is 3. The zero-order chi connectivity index (χ0) is 26.3. The van der Waals surface area contributed by atoms with Crippen LogP contribution in [0.4, 0.5) is 0 Å². The lowest BCUT2D eigenvalue weighted by Gasteiger charge is -2.26. The van der Waals surface area contributed by atoms with Crippen LogP contribution in [-0.4, -0.2) is 62.3 Å². The number of likely N-dealkylation sites (tertiary alicyclic amines) is 1. The number of methoxy groups -OCH3 is 3. The molecular weight excluding hydrogens is 478 g/mol. The van der Waals surface area contributed by atoms with Gasteiger partial charge in [0.15, 0.2) is 11.5 Å². The molecule has 0 aliphatic carbocycles. The summed E-state index contributed by atoms with van der Waals surface area (Å²) >= 11 is 0. The average molecular weight is 514 g/mol. The molecule has 0 amide bonds. The van der Waals surface area contributed by atoms with Crippen LogP contribution in [0, 0.1) is 0 Å². The first kappa shape index (κ1) is 25.7. The van der Waals surface area contributed by atoms with Crippen molar-refractivity contribution in [3.8, 4) is 51.2 Å². The van der Waals surface area contributed by atoms with Crippen LogP contribution in [0.1, 0.15) is 19.3 Å². The van der Waals surface area contributed by atoms with Gasteiger partial charge in [-0.2, -0.15) is 5.10 Å². The monoisotopic (exact) mass is 513 g/mol. The van der Waals surface area contributed by atoms with Crippen LogP contribution < -0.4 is 18.9 Å². The Hall–Kier alpha value is -3.97. The Balaban J connectivity index is 1.41. The lowest BCUT2D eigenvalue weighted by molar-refractivity contribution is 0.183. The van der Waals surface area contributed by atoms with Gasteiger partial charge in [0.1, 0.15) is 18.1 Å². The third-order valence-corrected chi connectivity index (χ3v) is 6.98. The van der Waals surface area contributed by atoms with Gasteiger partial charge in [0.05, 0.1) is 38.4 Å². The molecule has 1 aromatic heterocycles. The zero-order valence-corrected chi connectivity index (χ0v) is 22.4. The van der Waals surface area contributed by atoms with Crippen molar-refractivity contribution in [2.24, 2.45) is 0 Å². The molecular formula is C31H35N3O4. The van der Waals surface area contributed by atoms with E-state index in [0.717, 1.165) is 46.2 Å². The van der Waals surface area contributed by atoms with Gasteiger partial charge < -0.3 is 18.9 Å². The van der Waals surface area contributed by atoms with Crippen molar-refractivity contribution in [3.05, 3.63) is 72.8 Å². The summed E-state index contributed by atoms with van der Waals surface area (Å²) in [6.45, 7) is 4.04. The van der Waals surface area contributed by atoms with E-state index < -0.39 is 0 Å². The number of rotatable bonds is 10. The summed E-state index contributed by atoms with van der Waals surface area (Å²) in [6, 6.07) is 24.0. The summed E-state index contributed by atoms with van der Waals surface area (Å²) in [4.78, 5) is 2.49. The molecule has 0 radical (unpaired) electrons. The highest BCUT2D eigenvalue weighted by atomic mass is 16.5. The molecule has 1 aliphatic rings. The predicted octanol–water partition coefficient (Wildman–Crippen LogP) is 6.10. The summed E-state index contributed by atoms with van der Waals surface area (Å²) in [5.74, 6) is 3.02. The lowest BCUT2D eigenvalue weighted by Crippen LogP contribution is -2.33. The minimum atomic E-state index is 0.667. The van der Waals surface area contributed by atoms with Crippen LogP contribution in [0.15, 0.2) is 72.8 Å². The smallest absolute Gasteiger partial charge is 0.161 e. The second-order valence-electron chi connectivity index (χ2n) is 9.37. The number of ether oxygens (including phenoxy) is 4. The molecule has 1 fully saturated rings. The van der Waals surface area contributed by atoms with Gasteiger partial charge in [-0.15, -0.1) is 0 Å². The Morgan fingerprint density at radius 1 is 0.684 bits per heavy atom. The molecule has 3 aromatic carbocycles. The molecule has 7 heteroatoms. The molecule has 4 aromatic rings. The minimum absolute atomic E-state index is 0.667. The number of nitrogens with zero attached hydrogens (tertiary/aromatic N) is 3. The van der Waals surface area contributed by atoms with Gasteiger partial charge in [-0.1, -0.05) is 6.42 Å². The number of hydrogen-bond donors (Lipinski definition) is 0. The van der Waals surface area contributed by atoms with Gasteiger partial charge in [-0.25, -0.2) is 4.68 Å². The molecule has 7 nitrogen and oxygen atoms in total. The van der Waals surface area contributed by atoms with E-state index in [1.807, 2.05) is 59.3 Å². The minimum Gasteiger partial charge on any atom is -0.497 e. The molecule has 0 spiro atoms. The number of aromatic nitrogens is 2. The Morgan fingerprint density at radius 3 is 2.05 bits per heavy atom. The Kier molecular flexibility index (Phi) is 8.14. The first-order valence-electron chi connectivity index (χ1n) is 13.1. The Morgan fingerprint density at radius 2 is 1.37 bits per heavy atom. The summed E-state index contributed by atoms with van der Waals surface area (Å²) < 4.78 is 24.3. The van der Waals surface area contributed by atoms with E-state index in [1.165, 1.54) is 32.4 Å². The molecule has 38 heavy (non-hydrogen) atoms. The molecule has 1 aliphatic heterocycles. The van der Waals surface area contributed by atoms with Gasteiger partial charge >= 0.3 is 0 Å². The van der Waals surface area contributed by atoms with E-state index in [2.05, 4.69) is 23.1 Å². The second kappa shape index (κ2) is 12.0. The van der Waals surface area contributed by atoms with Crippen LogP contribution in [0.25, 0.3) is 28.2 Å². The predicted molar refractivity (Wildman–Crippen MR) is 150 cm³/mol. The van der Waals surface area contributed by atoms with Gasteiger partial charge in [-0.05, 0) is 98.7 Å². The van der Waals surface area contributed by atoms with Gasteiger partial charge in [0.25, 0.3) is 0 Å². The molecule has 1 saturated heterocycles. The highest BCUT2D eigenvalue weighted by molar-refractivity contribution is 5.72. The van der Waals surface area contributed by atoms with E-state index >= 15 is 0 Å². The summed E-state index contributed by atoms with van der Waals surface area (Å²) in [5, 5.41) is 4.99. The number of piperidine rings is 1. The van der Waals surface area contributed by atoms with Crippen molar-refractivity contribution >= 4 is 0 Å². The van der Waals surface area contributed by atoms with Crippen LogP contribution in [0.5, 0.6) is 23.0 Å². The van der Waals surface area contributed by atoms with Crippen LogP contribution >= 0.6 is 0 Å². The zero-order valence-electron chi connectivity index (χ0n) is 22.4. The Bertz CT molecular complexity index is 1330. The molecule has 5 rings (SSSR count). The standard InChI is InChI=1S/C31H35N3O4/c1-35-26-14-10-25(11-15-26)34-29(24-9-16-30(36-2)31(21-24)37-3)22-28(32-34)23-7-12-27(13-8-23)38-20-19-33-17-5-4-6-18-33/h7-16,21-22H,4-6,17-20H2,1-3H3. The molecule has 0 atom stereocenters. The quantitative estimate of drug-likeness (QED) is 0.256. The fraction of sp³-hybridized carbons (Fsp3) is 0.323. The van der Waals surface area contributed by atoms with Crippen molar-refractivity contribution in [1.82, 2.24) is 14.7 Å². The van der Waals surface area contributed by atoms with E-state index in [-0.39, 0.29) is 0 Å². The topological polar surface area (TPSA) is 58.0 Å². The average Bonchev–Trinajstić information content (AvgIpc) is 3.43. The van der Waals surface area contributed by atoms with E-state index in [1.54, 1.807) is 21.3 Å². The first-order chi connectivity index (χ1) is 18.7. The second-order valence-corrected chi connectivity index (χ2v) is 9.37. The fourth-order valence-electron chi connectivity index (χ4n) is 4.84. The third-order valence-electron chi connectivity index (χ3n) is 6.98. The fourth-order valence-corrected chi connectivity index (χ4v) is 4.84. The molecule has 0 bridgehead atoms. The maximum Gasteiger partial charge on any atom is 0.161 e. The third kappa shape index (κ3) is 5.78. The molecule has 0 saturated carbocycles. The van der Waals surface area contributed by atoms with Crippen LogP contribution in [0.3, 0.4) is 0 Å². The van der Waals surface area contributed by atoms with Crippen LogP contribution in [-0.2, 0) is 0 Å². The normalized spacial score (nSPS) is 13.8. The van der Waals surface area contributed by atoms with Crippen molar-refractivity contribution in [2.45, 2.75) is 19.3 Å². The van der Waals surface area contributed by atoms with E-state index in [0.29, 0.717) is 18.1 Å². The van der Waals surface area contributed by atoms with Crippen molar-refractivity contribution < 1.29 is 18.9 Å². The number of hydrogen-bond acceptors (Lipinski definition) is 6. The van der Waals surface area contributed by atoms with Gasteiger partial charge in [0, 0.05) is 17.7 Å². The molecule has 0 unspecified atom stereocenters. The SMILES string of the molecule is COc1ccc(-n2nc(-c3ccc(OCCN4CCCCC4)cc3)cc2-c2ccc(OC)c(OC)c2)cc1. The summed E-state index contributed by atoms with van der Waals surface area (Å²) in [6.07, 6.45) is 3.94. The summed E-state index contributed by atoms with van der Waals surface area (Å²) in [7, 11) is 4.94. The van der Waals surface area contributed by atoms with E-state index in [9.17, 15) is 0 Å². The highest BCUT2D eigenvalue weighted by Gasteiger charge is 2.16. The van der Waals surface area contributed by atoms with Crippen molar-refractivity contribution in [3.63, 3.8) is 0 Å². The maximum atomic E-state index is 6.03. The van der Waals surface area contributed by atoms with E-state index in [4.69, 9.17) is 24.0 Å². The lowest BCUT2D eigenvalue weighted by atomic mass is 10.1. The largest absolute Gasteiger partial charge is 0.497 e. The Labute approximate surface area is 224 Å². The summed E-state index contributed by atoms with van der Waals surface area (Å²) in [5.41, 5.74) is 4.72. The maximum absolute atomic E-state index is 6.03. The van der Waals surface area contributed by atoms with Crippen molar-refractivity contribution in [1.29, 1.82) is 0 Å². The molecule has 198 valence electrons. The van der Waals surface area contributed by atoms with Gasteiger partial charge in [-0.3, -0.25) is 4.90 Å². The highest BCUT2D eigenvalue weighted by Crippen LogP contribution is 2.35.